The molecule has 0 bridgehead atoms. The largest absolute Gasteiger partial charge is 0.339 e. The zero-order valence-electron chi connectivity index (χ0n) is 16.2. The Hall–Kier alpha value is -2.15. The van der Waals surface area contributed by atoms with E-state index in [1.165, 1.54) is 32.1 Å². The fraction of sp³-hybridized carbons (Fsp3) is 0.571. The predicted molar refractivity (Wildman–Crippen MR) is 110 cm³/mol. The molecule has 1 N–H and O–H groups in total. The van der Waals surface area contributed by atoms with Gasteiger partial charge in [0.1, 0.15) is 0 Å². The normalized spacial score (nSPS) is 18.4. The summed E-state index contributed by atoms with van der Waals surface area (Å²) in [5.74, 6) is 0.920. The molecule has 1 saturated heterocycles. The van der Waals surface area contributed by atoms with Crippen molar-refractivity contribution in [1.82, 2.24) is 20.0 Å². The summed E-state index contributed by atoms with van der Waals surface area (Å²) in [6, 6.07) is 5.80. The van der Waals surface area contributed by atoms with Crippen molar-refractivity contribution in [3.05, 3.63) is 29.3 Å². The fourth-order valence-electron chi connectivity index (χ4n) is 4.27. The SMILES string of the molecule is O=C(CCC1CCCCC1)N1CCN(C(=O)c2cc(-c3cccs3)[nH]n2)CC1. The summed E-state index contributed by atoms with van der Waals surface area (Å²) in [4.78, 5) is 30.1. The molecule has 0 atom stereocenters. The molecule has 2 amide bonds. The predicted octanol–water partition coefficient (Wildman–Crippen LogP) is 3.78. The molecule has 3 heterocycles. The smallest absolute Gasteiger partial charge is 0.274 e. The first-order chi connectivity index (χ1) is 13.7. The molecule has 0 unspecified atom stereocenters. The number of hydrogen-bond donors (Lipinski definition) is 1. The van der Waals surface area contributed by atoms with Crippen LogP contribution >= 0.6 is 11.3 Å². The van der Waals surface area contributed by atoms with Gasteiger partial charge in [-0.3, -0.25) is 14.7 Å². The van der Waals surface area contributed by atoms with Crippen LogP contribution in [0.4, 0.5) is 0 Å². The van der Waals surface area contributed by atoms with Crippen LogP contribution in [0.3, 0.4) is 0 Å². The zero-order valence-corrected chi connectivity index (χ0v) is 17.0. The van der Waals surface area contributed by atoms with E-state index in [2.05, 4.69) is 10.2 Å². The number of nitrogens with one attached hydrogen (secondary N) is 1. The van der Waals surface area contributed by atoms with Gasteiger partial charge in [0.2, 0.25) is 5.91 Å². The van der Waals surface area contributed by atoms with Crippen LogP contribution in [0.15, 0.2) is 23.6 Å². The number of rotatable bonds is 5. The molecular weight excluding hydrogens is 372 g/mol. The molecule has 1 aliphatic carbocycles. The second kappa shape index (κ2) is 8.90. The first-order valence-corrected chi connectivity index (χ1v) is 11.2. The maximum atomic E-state index is 12.7. The van der Waals surface area contributed by atoms with Crippen molar-refractivity contribution in [2.45, 2.75) is 44.9 Å². The average Bonchev–Trinajstić information content (AvgIpc) is 3.44. The molecule has 2 aromatic rings. The van der Waals surface area contributed by atoms with Crippen molar-refractivity contribution in [2.24, 2.45) is 5.92 Å². The highest BCUT2D eigenvalue weighted by Crippen LogP contribution is 2.27. The van der Waals surface area contributed by atoms with E-state index in [-0.39, 0.29) is 11.8 Å². The Morgan fingerprint density at radius 1 is 1.11 bits per heavy atom. The first kappa shape index (κ1) is 19.2. The molecule has 1 saturated carbocycles. The lowest BCUT2D eigenvalue weighted by Crippen LogP contribution is -2.50. The van der Waals surface area contributed by atoms with E-state index in [1.807, 2.05) is 28.5 Å². The molecule has 28 heavy (non-hydrogen) atoms. The quantitative estimate of drug-likeness (QED) is 0.830. The maximum absolute atomic E-state index is 12.7. The van der Waals surface area contributed by atoms with Crippen LogP contribution in [-0.2, 0) is 4.79 Å². The van der Waals surface area contributed by atoms with Crippen molar-refractivity contribution in [3.63, 3.8) is 0 Å². The van der Waals surface area contributed by atoms with Crippen LogP contribution in [0.2, 0.25) is 0 Å². The molecule has 2 fully saturated rings. The van der Waals surface area contributed by atoms with Gasteiger partial charge in [-0.2, -0.15) is 5.10 Å². The summed E-state index contributed by atoms with van der Waals surface area (Å²) < 4.78 is 0. The molecule has 2 aromatic heterocycles. The Balaban J connectivity index is 1.25. The molecule has 2 aliphatic rings. The van der Waals surface area contributed by atoms with Gasteiger partial charge in [-0.15, -0.1) is 11.3 Å². The Bertz CT molecular complexity index is 787. The van der Waals surface area contributed by atoms with Crippen molar-refractivity contribution >= 4 is 23.2 Å². The Labute approximate surface area is 169 Å². The standard InChI is InChI=1S/C21H28N4O2S/c26-20(9-8-16-5-2-1-3-6-16)24-10-12-25(13-11-24)21(27)18-15-17(22-23-18)19-7-4-14-28-19/h4,7,14-16H,1-3,5-6,8-13H2,(H,22,23). The number of thiophene rings is 1. The number of carbonyl (C=O) groups excluding carboxylic acids is 2. The minimum atomic E-state index is -0.0617. The third-order valence-electron chi connectivity index (χ3n) is 5.99. The molecule has 1 aliphatic heterocycles. The Kier molecular flexibility index (Phi) is 6.10. The molecule has 4 rings (SSSR count). The topological polar surface area (TPSA) is 69.3 Å². The minimum absolute atomic E-state index is 0.0617. The lowest BCUT2D eigenvalue weighted by molar-refractivity contribution is -0.133. The highest BCUT2D eigenvalue weighted by atomic mass is 32.1. The number of H-pyrrole nitrogens is 1. The van der Waals surface area contributed by atoms with E-state index in [0.717, 1.165) is 22.9 Å². The summed E-state index contributed by atoms with van der Waals surface area (Å²) in [6.07, 6.45) is 8.24. The highest BCUT2D eigenvalue weighted by molar-refractivity contribution is 7.13. The van der Waals surface area contributed by atoms with E-state index in [1.54, 1.807) is 16.2 Å². The molecule has 150 valence electrons. The van der Waals surface area contributed by atoms with Crippen LogP contribution in [0.25, 0.3) is 10.6 Å². The number of aromatic nitrogens is 2. The van der Waals surface area contributed by atoms with E-state index in [9.17, 15) is 9.59 Å². The lowest BCUT2D eigenvalue weighted by atomic mass is 9.86. The van der Waals surface area contributed by atoms with Gasteiger partial charge in [-0.05, 0) is 29.9 Å². The van der Waals surface area contributed by atoms with Crippen LogP contribution in [-0.4, -0.2) is 58.0 Å². The summed E-state index contributed by atoms with van der Waals surface area (Å²) in [5, 5.41) is 9.15. The van der Waals surface area contributed by atoms with Crippen LogP contribution in [0.1, 0.15) is 55.4 Å². The van der Waals surface area contributed by atoms with Gasteiger partial charge in [0.15, 0.2) is 5.69 Å². The first-order valence-electron chi connectivity index (χ1n) is 10.4. The number of nitrogens with zero attached hydrogens (tertiary/aromatic N) is 3. The fourth-order valence-corrected chi connectivity index (χ4v) is 4.96. The van der Waals surface area contributed by atoms with Gasteiger partial charge in [-0.1, -0.05) is 38.2 Å². The van der Waals surface area contributed by atoms with Crippen molar-refractivity contribution in [1.29, 1.82) is 0 Å². The van der Waals surface area contributed by atoms with Gasteiger partial charge in [-0.25, -0.2) is 0 Å². The van der Waals surface area contributed by atoms with E-state index in [4.69, 9.17) is 0 Å². The summed E-state index contributed by atoms with van der Waals surface area (Å²) >= 11 is 1.61. The van der Waals surface area contributed by atoms with E-state index >= 15 is 0 Å². The Morgan fingerprint density at radius 3 is 2.57 bits per heavy atom. The number of aromatic amines is 1. The van der Waals surface area contributed by atoms with E-state index in [0.29, 0.717) is 38.3 Å². The zero-order chi connectivity index (χ0) is 19.3. The number of hydrogen-bond acceptors (Lipinski definition) is 4. The van der Waals surface area contributed by atoms with Crippen molar-refractivity contribution in [3.8, 4) is 10.6 Å². The number of carbonyl (C=O) groups is 2. The van der Waals surface area contributed by atoms with Crippen molar-refractivity contribution < 1.29 is 9.59 Å². The van der Waals surface area contributed by atoms with Gasteiger partial charge in [0.25, 0.3) is 5.91 Å². The summed E-state index contributed by atoms with van der Waals surface area (Å²) in [6.45, 7) is 2.40. The second-order valence-electron chi connectivity index (χ2n) is 7.86. The molecule has 0 radical (unpaired) electrons. The average molecular weight is 401 g/mol. The third kappa shape index (κ3) is 4.46. The number of amides is 2. The Morgan fingerprint density at radius 2 is 1.86 bits per heavy atom. The van der Waals surface area contributed by atoms with Crippen LogP contribution < -0.4 is 0 Å². The summed E-state index contributed by atoms with van der Waals surface area (Å²) in [5.41, 5.74) is 1.32. The second-order valence-corrected chi connectivity index (χ2v) is 8.81. The van der Waals surface area contributed by atoms with Gasteiger partial charge in [0, 0.05) is 32.6 Å². The summed E-state index contributed by atoms with van der Waals surface area (Å²) in [7, 11) is 0. The van der Waals surface area contributed by atoms with Crippen LogP contribution in [0.5, 0.6) is 0 Å². The highest BCUT2D eigenvalue weighted by Gasteiger charge is 2.26. The van der Waals surface area contributed by atoms with Crippen LogP contribution in [0, 0.1) is 5.92 Å². The maximum Gasteiger partial charge on any atom is 0.274 e. The van der Waals surface area contributed by atoms with Crippen molar-refractivity contribution in [2.75, 3.05) is 26.2 Å². The third-order valence-corrected chi connectivity index (χ3v) is 6.90. The molecule has 6 nitrogen and oxygen atoms in total. The number of piperazine rings is 1. The van der Waals surface area contributed by atoms with E-state index < -0.39 is 0 Å². The molecule has 7 heteroatoms. The van der Waals surface area contributed by atoms with Gasteiger partial charge >= 0.3 is 0 Å². The van der Waals surface area contributed by atoms with Gasteiger partial charge < -0.3 is 9.80 Å². The minimum Gasteiger partial charge on any atom is -0.339 e. The monoisotopic (exact) mass is 400 g/mol. The lowest BCUT2D eigenvalue weighted by Gasteiger charge is -2.34. The molecule has 0 spiro atoms. The molecule has 0 aromatic carbocycles. The molecular formula is C21H28N4O2S. The van der Waals surface area contributed by atoms with Gasteiger partial charge in [0.05, 0.1) is 10.6 Å².